The molecule has 0 atom stereocenters. The summed E-state index contributed by atoms with van der Waals surface area (Å²) in [6, 6.07) is 11.3. The van der Waals surface area contributed by atoms with E-state index in [9.17, 15) is 22.8 Å². The molecule has 1 aromatic heterocycles. The smallest absolute Gasteiger partial charge is 0.417 e. The van der Waals surface area contributed by atoms with Crippen LogP contribution in [0, 0.1) is 0 Å². The van der Waals surface area contributed by atoms with Crippen molar-refractivity contribution in [1.82, 2.24) is 0 Å². The zero-order valence-electron chi connectivity index (χ0n) is 13.5. The fourth-order valence-electron chi connectivity index (χ4n) is 2.30. The summed E-state index contributed by atoms with van der Waals surface area (Å²) in [4.78, 5) is 23.8. The molecule has 2 aromatic carbocycles. The zero-order chi connectivity index (χ0) is 19.6. The van der Waals surface area contributed by atoms with E-state index in [1.165, 1.54) is 12.1 Å². The van der Waals surface area contributed by atoms with Crippen molar-refractivity contribution >= 4 is 40.1 Å². The third-order valence-electron chi connectivity index (χ3n) is 3.52. The molecule has 1 amide bonds. The van der Waals surface area contributed by atoms with Gasteiger partial charge in [0.2, 0.25) is 5.76 Å². The number of esters is 1. The second kappa shape index (κ2) is 7.32. The minimum atomic E-state index is -4.66. The molecule has 3 rings (SSSR count). The SMILES string of the molecule is O=C(COC(=O)c1cc2ccccc2o1)Nc1ccc(Cl)c(C(F)(F)F)c1. The normalized spacial score (nSPS) is 11.4. The van der Waals surface area contributed by atoms with Gasteiger partial charge in [-0.15, -0.1) is 0 Å². The monoisotopic (exact) mass is 397 g/mol. The van der Waals surface area contributed by atoms with Gasteiger partial charge in [0.05, 0.1) is 10.6 Å². The Bertz CT molecular complexity index is 980. The fourth-order valence-corrected chi connectivity index (χ4v) is 2.53. The molecular weight excluding hydrogens is 387 g/mol. The quantitative estimate of drug-likeness (QED) is 0.636. The summed E-state index contributed by atoms with van der Waals surface area (Å²) in [5.41, 5.74) is -0.729. The number of nitrogens with one attached hydrogen (secondary N) is 1. The summed E-state index contributed by atoms with van der Waals surface area (Å²) >= 11 is 5.51. The van der Waals surface area contributed by atoms with Gasteiger partial charge in [-0.05, 0) is 30.3 Å². The van der Waals surface area contributed by atoms with Crippen LogP contribution in [0.3, 0.4) is 0 Å². The molecule has 1 heterocycles. The predicted octanol–water partition coefficient (Wildman–Crippen LogP) is 4.90. The number of rotatable bonds is 4. The van der Waals surface area contributed by atoms with Gasteiger partial charge in [-0.1, -0.05) is 29.8 Å². The first-order valence-electron chi connectivity index (χ1n) is 7.56. The molecule has 3 aromatic rings. The molecule has 0 aliphatic heterocycles. The zero-order valence-corrected chi connectivity index (χ0v) is 14.2. The number of alkyl halides is 3. The van der Waals surface area contributed by atoms with Crippen LogP contribution >= 0.6 is 11.6 Å². The number of carbonyl (C=O) groups is 2. The number of ether oxygens (including phenoxy) is 1. The van der Waals surface area contributed by atoms with Crippen LogP contribution in [-0.4, -0.2) is 18.5 Å². The van der Waals surface area contributed by atoms with E-state index in [0.717, 1.165) is 6.07 Å². The summed E-state index contributed by atoms with van der Waals surface area (Å²) < 4.78 is 48.6. The van der Waals surface area contributed by atoms with E-state index >= 15 is 0 Å². The van der Waals surface area contributed by atoms with E-state index in [2.05, 4.69) is 5.32 Å². The molecule has 0 aliphatic carbocycles. The lowest BCUT2D eigenvalue weighted by molar-refractivity contribution is -0.137. The van der Waals surface area contributed by atoms with Gasteiger partial charge < -0.3 is 14.5 Å². The third-order valence-corrected chi connectivity index (χ3v) is 3.85. The van der Waals surface area contributed by atoms with E-state index in [1.54, 1.807) is 24.3 Å². The van der Waals surface area contributed by atoms with Crippen LogP contribution < -0.4 is 5.32 Å². The maximum Gasteiger partial charge on any atom is 0.417 e. The highest BCUT2D eigenvalue weighted by Crippen LogP contribution is 2.36. The second-order valence-electron chi connectivity index (χ2n) is 5.47. The largest absolute Gasteiger partial charge is 0.450 e. The van der Waals surface area contributed by atoms with Gasteiger partial charge in [-0.2, -0.15) is 13.2 Å². The highest BCUT2D eigenvalue weighted by Gasteiger charge is 2.33. The molecule has 0 bridgehead atoms. The van der Waals surface area contributed by atoms with Crippen LogP contribution in [0.5, 0.6) is 0 Å². The molecule has 1 N–H and O–H groups in total. The fraction of sp³-hybridized carbons (Fsp3) is 0.111. The Morgan fingerprint density at radius 2 is 1.85 bits per heavy atom. The molecule has 0 spiro atoms. The number of hydrogen-bond acceptors (Lipinski definition) is 4. The highest BCUT2D eigenvalue weighted by atomic mass is 35.5. The second-order valence-corrected chi connectivity index (χ2v) is 5.87. The van der Waals surface area contributed by atoms with E-state index in [1.807, 2.05) is 0 Å². The lowest BCUT2D eigenvalue weighted by Gasteiger charge is -2.11. The Labute approximate surface area is 155 Å². The minimum Gasteiger partial charge on any atom is -0.450 e. The minimum absolute atomic E-state index is 0.0881. The first-order valence-corrected chi connectivity index (χ1v) is 7.94. The summed E-state index contributed by atoms with van der Waals surface area (Å²) in [5.74, 6) is -1.77. The first-order chi connectivity index (χ1) is 12.7. The molecule has 0 radical (unpaired) electrons. The van der Waals surface area contributed by atoms with Crippen molar-refractivity contribution < 1.29 is 31.9 Å². The van der Waals surface area contributed by atoms with Gasteiger partial charge in [0.1, 0.15) is 5.58 Å². The van der Waals surface area contributed by atoms with Crippen molar-refractivity contribution in [3.05, 3.63) is 64.9 Å². The maximum atomic E-state index is 12.8. The predicted molar refractivity (Wildman–Crippen MR) is 91.6 cm³/mol. The van der Waals surface area contributed by atoms with Crippen LogP contribution in [0.15, 0.2) is 52.9 Å². The van der Waals surface area contributed by atoms with Crippen LogP contribution in [-0.2, 0) is 15.7 Å². The van der Waals surface area contributed by atoms with E-state index < -0.39 is 35.2 Å². The van der Waals surface area contributed by atoms with Crippen LogP contribution in [0.2, 0.25) is 5.02 Å². The first kappa shape index (κ1) is 18.8. The topological polar surface area (TPSA) is 68.5 Å². The van der Waals surface area contributed by atoms with Crippen molar-refractivity contribution in [3.63, 3.8) is 0 Å². The summed E-state index contributed by atoms with van der Waals surface area (Å²) in [6.45, 7) is -0.695. The van der Waals surface area contributed by atoms with Gasteiger partial charge in [-0.3, -0.25) is 4.79 Å². The number of furan rings is 1. The number of fused-ring (bicyclic) bond motifs is 1. The molecule has 0 aliphatic rings. The number of carbonyl (C=O) groups excluding carboxylic acids is 2. The lowest BCUT2D eigenvalue weighted by Crippen LogP contribution is -2.21. The Kier molecular flexibility index (Phi) is 5.09. The number of hydrogen-bond donors (Lipinski definition) is 1. The number of anilines is 1. The molecule has 9 heteroatoms. The molecule has 0 fully saturated rings. The summed E-state index contributed by atoms with van der Waals surface area (Å²) in [7, 11) is 0. The van der Waals surface area contributed by atoms with Gasteiger partial charge in [0.15, 0.2) is 6.61 Å². The Hall–Kier alpha value is -3.00. The standard InChI is InChI=1S/C18H11ClF3NO4/c19-13-6-5-11(8-12(13)18(20,21)22)23-16(24)9-26-17(25)15-7-10-3-1-2-4-14(10)27-15/h1-8H,9H2,(H,23,24). The van der Waals surface area contributed by atoms with Gasteiger partial charge in [0.25, 0.3) is 5.91 Å². The van der Waals surface area contributed by atoms with Crippen molar-refractivity contribution in [1.29, 1.82) is 0 Å². The van der Waals surface area contributed by atoms with E-state index in [-0.39, 0.29) is 11.4 Å². The lowest BCUT2D eigenvalue weighted by atomic mass is 10.2. The molecule has 0 unspecified atom stereocenters. The van der Waals surface area contributed by atoms with Crippen molar-refractivity contribution in [3.8, 4) is 0 Å². The Morgan fingerprint density at radius 3 is 2.56 bits per heavy atom. The molecule has 5 nitrogen and oxygen atoms in total. The molecule has 0 saturated heterocycles. The number of amides is 1. The van der Waals surface area contributed by atoms with Gasteiger partial charge in [-0.25, -0.2) is 4.79 Å². The average Bonchev–Trinajstić information content (AvgIpc) is 3.04. The average molecular weight is 398 g/mol. The molecule has 0 saturated carbocycles. The number of para-hydroxylation sites is 1. The van der Waals surface area contributed by atoms with Crippen LogP contribution in [0.1, 0.15) is 16.1 Å². The van der Waals surface area contributed by atoms with E-state index in [0.29, 0.717) is 17.0 Å². The van der Waals surface area contributed by atoms with Gasteiger partial charge in [0, 0.05) is 11.1 Å². The summed E-state index contributed by atoms with van der Waals surface area (Å²) in [6.07, 6.45) is -4.66. The van der Waals surface area contributed by atoms with Gasteiger partial charge >= 0.3 is 12.1 Å². The van der Waals surface area contributed by atoms with Crippen LogP contribution in [0.25, 0.3) is 11.0 Å². The summed E-state index contributed by atoms with van der Waals surface area (Å²) in [5, 5.41) is 2.41. The molecule has 27 heavy (non-hydrogen) atoms. The number of benzene rings is 2. The third kappa shape index (κ3) is 4.40. The van der Waals surface area contributed by atoms with Crippen LogP contribution in [0.4, 0.5) is 18.9 Å². The van der Waals surface area contributed by atoms with Crippen molar-refractivity contribution in [2.75, 3.05) is 11.9 Å². The Balaban J connectivity index is 1.62. The Morgan fingerprint density at radius 1 is 1.11 bits per heavy atom. The maximum absolute atomic E-state index is 12.8. The molecular formula is C18H11ClF3NO4. The highest BCUT2D eigenvalue weighted by molar-refractivity contribution is 6.31. The van der Waals surface area contributed by atoms with Crippen molar-refractivity contribution in [2.24, 2.45) is 0 Å². The number of halogens is 4. The van der Waals surface area contributed by atoms with E-state index in [4.69, 9.17) is 20.8 Å². The van der Waals surface area contributed by atoms with Crippen molar-refractivity contribution in [2.45, 2.75) is 6.18 Å². The molecule has 140 valence electrons.